The predicted molar refractivity (Wildman–Crippen MR) is 74.0 cm³/mol. The van der Waals surface area contributed by atoms with Crippen LogP contribution in [0.2, 0.25) is 0 Å². The molecule has 0 aliphatic heterocycles. The molecule has 0 heterocycles. The SMILES string of the molecule is COc1cc(C)c(CCCCN)c(Br)c1OC. The molecule has 0 fully saturated rings. The summed E-state index contributed by atoms with van der Waals surface area (Å²) in [6.45, 7) is 2.83. The van der Waals surface area contributed by atoms with Gasteiger partial charge < -0.3 is 15.2 Å². The van der Waals surface area contributed by atoms with Crippen molar-refractivity contribution in [2.45, 2.75) is 26.2 Å². The van der Waals surface area contributed by atoms with Gasteiger partial charge in [-0.15, -0.1) is 0 Å². The van der Waals surface area contributed by atoms with Gasteiger partial charge in [0.2, 0.25) is 0 Å². The van der Waals surface area contributed by atoms with Crippen molar-refractivity contribution in [3.8, 4) is 11.5 Å². The third-order valence-electron chi connectivity index (χ3n) is 2.82. The molecule has 0 atom stereocenters. The van der Waals surface area contributed by atoms with Crippen LogP contribution in [0.1, 0.15) is 24.0 Å². The van der Waals surface area contributed by atoms with E-state index in [1.165, 1.54) is 11.1 Å². The number of aryl methyl sites for hydroxylation is 1. The molecule has 0 radical (unpaired) electrons. The van der Waals surface area contributed by atoms with E-state index in [1.54, 1.807) is 14.2 Å². The quantitative estimate of drug-likeness (QED) is 0.821. The summed E-state index contributed by atoms with van der Waals surface area (Å²) in [4.78, 5) is 0. The number of unbranched alkanes of at least 4 members (excludes halogenated alkanes) is 1. The maximum atomic E-state index is 5.51. The molecule has 3 nitrogen and oxygen atoms in total. The van der Waals surface area contributed by atoms with Crippen molar-refractivity contribution in [3.05, 3.63) is 21.7 Å². The summed E-state index contributed by atoms with van der Waals surface area (Å²) in [6, 6.07) is 2.02. The molecule has 0 unspecified atom stereocenters. The summed E-state index contributed by atoms with van der Waals surface area (Å²) < 4.78 is 11.7. The fourth-order valence-electron chi connectivity index (χ4n) is 1.86. The monoisotopic (exact) mass is 301 g/mol. The lowest BCUT2D eigenvalue weighted by molar-refractivity contribution is 0.352. The number of benzene rings is 1. The molecule has 1 aromatic carbocycles. The van der Waals surface area contributed by atoms with E-state index in [0.29, 0.717) is 0 Å². The molecule has 2 N–H and O–H groups in total. The lowest BCUT2D eigenvalue weighted by Crippen LogP contribution is -2.02. The van der Waals surface area contributed by atoms with Crippen LogP contribution >= 0.6 is 15.9 Å². The summed E-state index contributed by atoms with van der Waals surface area (Å²) in [7, 11) is 3.30. The second-order valence-corrected chi connectivity index (χ2v) is 4.76. The van der Waals surface area contributed by atoms with Gasteiger partial charge in [-0.25, -0.2) is 0 Å². The van der Waals surface area contributed by atoms with Gasteiger partial charge in [-0.05, 0) is 65.9 Å². The molecule has 0 amide bonds. The topological polar surface area (TPSA) is 44.5 Å². The van der Waals surface area contributed by atoms with Crippen LogP contribution in [0.15, 0.2) is 10.5 Å². The summed E-state index contributed by atoms with van der Waals surface area (Å²) >= 11 is 3.60. The molecule has 17 heavy (non-hydrogen) atoms. The maximum absolute atomic E-state index is 5.51. The first-order valence-electron chi connectivity index (χ1n) is 5.75. The Morgan fingerprint density at radius 3 is 2.47 bits per heavy atom. The lowest BCUT2D eigenvalue weighted by atomic mass is 10.0. The highest BCUT2D eigenvalue weighted by molar-refractivity contribution is 9.10. The van der Waals surface area contributed by atoms with Crippen LogP contribution in [0.5, 0.6) is 11.5 Å². The van der Waals surface area contributed by atoms with Crippen molar-refractivity contribution in [3.63, 3.8) is 0 Å². The highest BCUT2D eigenvalue weighted by Crippen LogP contribution is 2.40. The van der Waals surface area contributed by atoms with Gasteiger partial charge in [0.25, 0.3) is 0 Å². The largest absolute Gasteiger partial charge is 0.493 e. The highest BCUT2D eigenvalue weighted by Gasteiger charge is 2.15. The minimum absolute atomic E-state index is 0.740. The minimum atomic E-state index is 0.740. The van der Waals surface area contributed by atoms with Gasteiger partial charge in [-0.2, -0.15) is 0 Å². The van der Waals surface area contributed by atoms with Gasteiger partial charge in [-0.1, -0.05) is 0 Å². The normalized spacial score (nSPS) is 10.4. The summed E-state index contributed by atoms with van der Waals surface area (Å²) in [5.41, 5.74) is 8.00. The van der Waals surface area contributed by atoms with Gasteiger partial charge in [-0.3, -0.25) is 0 Å². The number of methoxy groups -OCH3 is 2. The summed E-state index contributed by atoms with van der Waals surface area (Å²) in [5.74, 6) is 1.53. The predicted octanol–water partition coefficient (Wildman–Crippen LogP) is 3.06. The van der Waals surface area contributed by atoms with Crippen LogP contribution in [0.3, 0.4) is 0 Å². The Balaban J connectivity index is 3.04. The molecule has 4 heteroatoms. The first kappa shape index (κ1) is 14.3. The van der Waals surface area contributed by atoms with E-state index >= 15 is 0 Å². The number of halogens is 1. The second kappa shape index (κ2) is 6.87. The molecular formula is C13H20BrNO2. The molecule has 0 aliphatic rings. The van der Waals surface area contributed by atoms with Crippen molar-refractivity contribution in [1.29, 1.82) is 0 Å². The Kier molecular flexibility index (Phi) is 5.78. The Hall–Kier alpha value is -0.740. The molecule has 1 aromatic rings. The molecule has 1 rings (SSSR count). The fourth-order valence-corrected chi connectivity index (χ4v) is 2.73. The molecule has 0 bridgehead atoms. The van der Waals surface area contributed by atoms with Gasteiger partial charge in [0.15, 0.2) is 11.5 Å². The van der Waals surface area contributed by atoms with Crippen molar-refractivity contribution in [2.24, 2.45) is 5.73 Å². The molecule has 0 saturated heterocycles. The smallest absolute Gasteiger partial charge is 0.175 e. The van der Waals surface area contributed by atoms with Crippen molar-refractivity contribution < 1.29 is 9.47 Å². The van der Waals surface area contributed by atoms with Crippen LogP contribution in [0.25, 0.3) is 0 Å². The molecule has 0 spiro atoms. The van der Waals surface area contributed by atoms with Gasteiger partial charge in [0.1, 0.15) is 0 Å². The average Bonchev–Trinajstić information content (AvgIpc) is 2.32. The van der Waals surface area contributed by atoms with E-state index in [9.17, 15) is 0 Å². The van der Waals surface area contributed by atoms with Gasteiger partial charge >= 0.3 is 0 Å². The molecule has 0 aliphatic carbocycles. The number of nitrogens with two attached hydrogens (primary N) is 1. The van der Waals surface area contributed by atoms with E-state index in [2.05, 4.69) is 22.9 Å². The van der Waals surface area contributed by atoms with Crippen LogP contribution in [0.4, 0.5) is 0 Å². The Morgan fingerprint density at radius 2 is 1.94 bits per heavy atom. The fraction of sp³-hybridized carbons (Fsp3) is 0.538. The van der Waals surface area contributed by atoms with Crippen LogP contribution in [-0.2, 0) is 6.42 Å². The number of hydrogen-bond donors (Lipinski definition) is 1. The highest BCUT2D eigenvalue weighted by atomic mass is 79.9. The van der Waals surface area contributed by atoms with Crippen LogP contribution in [-0.4, -0.2) is 20.8 Å². The third-order valence-corrected chi connectivity index (χ3v) is 3.66. The number of rotatable bonds is 6. The molecule has 96 valence electrons. The Labute approximate surface area is 111 Å². The second-order valence-electron chi connectivity index (χ2n) is 3.97. The molecule has 0 saturated carbocycles. The zero-order valence-corrected chi connectivity index (χ0v) is 12.3. The number of hydrogen-bond acceptors (Lipinski definition) is 3. The van der Waals surface area contributed by atoms with E-state index < -0.39 is 0 Å². The van der Waals surface area contributed by atoms with E-state index in [-0.39, 0.29) is 0 Å². The van der Waals surface area contributed by atoms with E-state index in [4.69, 9.17) is 15.2 Å². The summed E-state index contributed by atoms with van der Waals surface area (Å²) in [5, 5.41) is 0. The standard InChI is InChI=1S/C13H20BrNO2/c1-9-8-11(16-2)13(17-3)12(14)10(9)6-4-5-7-15/h8H,4-7,15H2,1-3H3. The van der Waals surface area contributed by atoms with Crippen molar-refractivity contribution >= 4 is 15.9 Å². The minimum Gasteiger partial charge on any atom is -0.493 e. The van der Waals surface area contributed by atoms with Gasteiger partial charge in [0, 0.05) is 0 Å². The maximum Gasteiger partial charge on any atom is 0.175 e. The Morgan fingerprint density at radius 1 is 1.24 bits per heavy atom. The van der Waals surface area contributed by atoms with Crippen LogP contribution < -0.4 is 15.2 Å². The average molecular weight is 302 g/mol. The van der Waals surface area contributed by atoms with E-state index in [1.807, 2.05) is 6.07 Å². The zero-order chi connectivity index (χ0) is 12.8. The van der Waals surface area contributed by atoms with Crippen molar-refractivity contribution in [1.82, 2.24) is 0 Å². The third kappa shape index (κ3) is 3.36. The van der Waals surface area contributed by atoms with E-state index in [0.717, 1.165) is 41.8 Å². The first-order valence-corrected chi connectivity index (χ1v) is 6.55. The molecular weight excluding hydrogens is 282 g/mol. The zero-order valence-electron chi connectivity index (χ0n) is 10.7. The Bertz CT molecular complexity index is 380. The van der Waals surface area contributed by atoms with Crippen LogP contribution in [0, 0.1) is 6.92 Å². The van der Waals surface area contributed by atoms with Gasteiger partial charge in [0.05, 0.1) is 18.7 Å². The lowest BCUT2D eigenvalue weighted by Gasteiger charge is -2.15. The number of ether oxygens (including phenoxy) is 2. The molecule has 0 aromatic heterocycles. The first-order chi connectivity index (χ1) is 8.15. The van der Waals surface area contributed by atoms with Crippen molar-refractivity contribution in [2.75, 3.05) is 20.8 Å². The summed E-state index contributed by atoms with van der Waals surface area (Å²) in [6.07, 6.45) is 3.13.